The molecule has 0 radical (unpaired) electrons. The first kappa shape index (κ1) is 15.8. The van der Waals surface area contributed by atoms with E-state index in [-0.39, 0.29) is 5.75 Å². The van der Waals surface area contributed by atoms with Gasteiger partial charge < -0.3 is 8.61 Å². The largest absolute Gasteiger partial charge is 0.465 e. The standard InChI is InChI=1S/C10H22O4SSi/c1-5-13-10(11)9-15(12)14-16(6-2,7-3)8-4/h5-9H2,1-4H3. The summed E-state index contributed by atoms with van der Waals surface area (Å²) in [6.07, 6.45) is 0. The fraction of sp³-hybridized carbons (Fsp3) is 0.900. The Labute approximate surface area is 101 Å². The van der Waals surface area contributed by atoms with E-state index in [1.807, 2.05) is 0 Å². The van der Waals surface area contributed by atoms with E-state index in [9.17, 15) is 9.00 Å². The monoisotopic (exact) mass is 266 g/mol. The minimum Gasteiger partial charge on any atom is -0.465 e. The molecule has 0 heterocycles. The highest BCUT2D eigenvalue weighted by atomic mass is 32.2. The molecule has 0 aliphatic heterocycles. The molecule has 0 aliphatic carbocycles. The first-order valence-electron chi connectivity index (χ1n) is 5.77. The summed E-state index contributed by atoms with van der Waals surface area (Å²) in [5.41, 5.74) is 0. The lowest BCUT2D eigenvalue weighted by molar-refractivity contribution is -0.139. The van der Waals surface area contributed by atoms with Crippen LogP contribution in [0.25, 0.3) is 0 Å². The van der Waals surface area contributed by atoms with Crippen LogP contribution in [0.1, 0.15) is 27.7 Å². The fourth-order valence-corrected chi connectivity index (χ4v) is 6.46. The molecule has 1 atom stereocenters. The van der Waals surface area contributed by atoms with Crippen molar-refractivity contribution in [3.05, 3.63) is 0 Å². The highest BCUT2D eigenvalue weighted by Gasteiger charge is 2.32. The number of rotatable bonds is 8. The van der Waals surface area contributed by atoms with E-state index in [2.05, 4.69) is 20.8 Å². The van der Waals surface area contributed by atoms with Crippen molar-refractivity contribution >= 4 is 25.4 Å². The molecule has 0 amide bonds. The third-order valence-electron chi connectivity index (χ3n) is 2.74. The zero-order valence-electron chi connectivity index (χ0n) is 10.6. The molecule has 0 aromatic rings. The van der Waals surface area contributed by atoms with E-state index in [0.29, 0.717) is 6.61 Å². The Morgan fingerprint density at radius 3 is 2.00 bits per heavy atom. The molecule has 0 aromatic carbocycles. The van der Waals surface area contributed by atoms with Crippen molar-refractivity contribution in [2.45, 2.75) is 45.8 Å². The molecule has 0 N–H and O–H groups in total. The zero-order chi connectivity index (χ0) is 12.6. The number of hydrogen-bond acceptors (Lipinski definition) is 4. The zero-order valence-corrected chi connectivity index (χ0v) is 12.4. The normalized spacial score (nSPS) is 13.5. The molecule has 6 heteroatoms. The highest BCUT2D eigenvalue weighted by Crippen LogP contribution is 2.22. The molecular formula is C10H22O4SSi. The lowest BCUT2D eigenvalue weighted by Crippen LogP contribution is -2.37. The predicted molar refractivity (Wildman–Crippen MR) is 67.9 cm³/mol. The molecule has 0 rings (SSSR count). The van der Waals surface area contributed by atoms with E-state index in [4.69, 9.17) is 8.61 Å². The van der Waals surface area contributed by atoms with Crippen LogP contribution < -0.4 is 0 Å². The molecule has 0 saturated carbocycles. The second-order valence-corrected chi connectivity index (χ2v) is 9.63. The average molecular weight is 266 g/mol. The summed E-state index contributed by atoms with van der Waals surface area (Å²) in [5.74, 6) is -0.602. The van der Waals surface area contributed by atoms with Crippen LogP contribution in [0, 0.1) is 0 Å². The van der Waals surface area contributed by atoms with Gasteiger partial charge in [0.05, 0.1) is 6.61 Å². The van der Waals surface area contributed by atoms with Gasteiger partial charge in [-0.1, -0.05) is 20.8 Å². The summed E-state index contributed by atoms with van der Waals surface area (Å²) >= 11 is -1.53. The second-order valence-electron chi connectivity index (χ2n) is 3.58. The maximum absolute atomic E-state index is 11.6. The number of carbonyl (C=O) groups is 1. The number of ether oxygens (including phenoxy) is 1. The van der Waals surface area contributed by atoms with Gasteiger partial charge >= 0.3 is 5.97 Å². The molecule has 16 heavy (non-hydrogen) atoms. The Morgan fingerprint density at radius 2 is 1.62 bits per heavy atom. The third-order valence-corrected chi connectivity index (χ3v) is 9.24. The first-order valence-corrected chi connectivity index (χ1v) is 9.54. The van der Waals surface area contributed by atoms with Crippen LogP contribution in [0.4, 0.5) is 0 Å². The Bertz CT molecular complexity index is 233. The van der Waals surface area contributed by atoms with Gasteiger partial charge in [-0.05, 0) is 25.1 Å². The second kappa shape index (κ2) is 7.97. The van der Waals surface area contributed by atoms with Crippen LogP contribution in [0.3, 0.4) is 0 Å². The van der Waals surface area contributed by atoms with Crippen LogP contribution >= 0.6 is 0 Å². The van der Waals surface area contributed by atoms with Crippen LogP contribution in [-0.4, -0.2) is 30.9 Å². The van der Waals surface area contributed by atoms with E-state index in [1.54, 1.807) is 6.92 Å². The van der Waals surface area contributed by atoms with Crippen molar-refractivity contribution in [2.24, 2.45) is 0 Å². The van der Waals surface area contributed by atoms with Crippen molar-refractivity contribution in [1.82, 2.24) is 0 Å². The van der Waals surface area contributed by atoms with Crippen molar-refractivity contribution in [1.29, 1.82) is 0 Å². The molecule has 0 saturated heterocycles. The van der Waals surface area contributed by atoms with E-state index < -0.39 is 25.4 Å². The molecule has 0 fully saturated rings. The van der Waals surface area contributed by atoms with Gasteiger partial charge in [-0.15, -0.1) is 0 Å². The predicted octanol–water partition coefficient (Wildman–Crippen LogP) is 2.24. The third kappa shape index (κ3) is 5.22. The van der Waals surface area contributed by atoms with E-state index in [0.717, 1.165) is 18.1 Å². The fourth-order valence-electron chi connectivity index (χ4n) is 1.45. The van der Waals surface area contributed by atoms with Crippen LogP contribution in [-0.2, 0) is 24.5 Å². The average Bonchev–Trinajstić information content (AvgIpc) is 2.26. The quantitative estimate of drug-likeness (QED) is 0.499. The maximum Gasteiger partial charge on any atom is 0.320 e. The molecule has 96 valence electrons. The molecule has 0 aliphatic rings. The summed E-state index contributed by atoms with van der Waals surface area (Å²) in [5, 5.41) is 0. The maximum atomic E-state index is 11.6. The summed E-state index contributed by atoms with van der Waals surface area (Å²) < 4.78 is 22.0. The van der Waals surface area contributed by atoms with Gasteiger partial charge in [0.25, 0.3) is 0 Å². The van der Waals surface area contributed by atoms with Crippen LogP contribution in [0.15, 0.2) is 0 Å². The Morgan fingerprint density at radius 1 is 1.12 bits per heavy atom. The summed E-state index contributed by atoms with van der Waals surface area (Å²) in [7, 11) is -1.88. The molecule has 4 nitrogen and oxygen atoms in total. The first-order chi connectivity index (χ1) is 7.53. The summed E-state index contributed by atoms with van der Waals surface area (Å²) in [4.78, 5) is 11.1. The SMILES string of the molecule is CCOC(=O)CS(=O)O[Si](CC)(CC)CC. The number of hydrogen-bond donors (Lipinski definition) is 0. The molecular weight excluding hydrogens is 244 g/mol. The van der Waals surface area contributed by atoms with Crippen molar-refractivity contribution < 1.29 is 17.6 Å². The minimum absolute atomic E-state index is 0.150. The van der Waals surface area contributed by atoms with Crippen molar-refractivity contribution in [2.75, 3.05) is 12.4 Å². The van der Waals surface area contributed by atoms with Gasteiger partial charge in [-0.2, -0.15) is 0 Å². The summed E-state index contributed by atoms with van der Waals surface area (Å²) in [6, 6.07) is 2.78. The molecule has 1 unspecified atom stereocenters. The van der Waals surface area contributed by atoms with Gasteiger partial charge in [0, 0.05) is 0 Å². The van der Waals surface area contributed by atoms with Gasteiger partial charge in [0.2, 0.25) is 8.32 Å². The molecule has 0 aromatic heterocycles. The Balaban J connectivity index is 4.25. The molecule has 0 bridgehead atoms. The Hall–Kier alpha value is -0.203. The topological polar surface area (TPSA) is 52.6 Å². The molecule has 0 spiro atoms. The minimum atomic E-state index is -1.88. The van der Waals surface area contributed by atoms with E-state index >= 15 is 0 Å². The smallest absolute Gasteiger partial charge is 0.320 e. The van der Waals surface area contributed by atoms with Crippen LogP contribution in [0.5, 0.6) is 0 Å². The number of esters is 1. The van der Waals surface area contributed by atoms with Gasteiger partial charge in [0.1, 0.15) is 5.75 Å². The van der Waals surface area contributed by atoms with Crippen molar-refractivity contribution in [3.8, 4) is 0 Å². The lowest BCUT2D eigenvalue weighted by atomic mass is 10.8. The lowest BCUT2D eigenvalue weighted by Gasteiger charge is -2.26. The number of carbonyl (C=O) groups excluding carboxylic acids is 1. The van der Waals surface area contributed by atoms with E-state index in [1.165, 1.54) is 0 Å². The van der Waals surface area contributed by atoms with Gasteiger partial charge in [-0.25, -0.2) is 4.21 Å². The Kier molecular flexibility index (Phi) is 7.87. The summed E-state index contributed by atoms with van der Waals surface area (Å²) in [6.45, 7) is 8.21. The van der Waals surface area contributed by atoms with Gasteiger partial charge in [0.15, 0.2) is 11.1 Å². The van der Waals surface area contributed by atoms with Gasteiger partial charge in [-0.3, -0.25) is 4.79 Å². The van der Waals surface area contributed by atoms with Crippen molar-refractivity contribution in [3.63, 3.8) is 0 Å². The highest BCUT2D eigenvalue weighted by molar-refractivity contribution is 7.82. The van der Waals surface area contributed by atoms with Crippen LogP contribution in [0.2, 0.25) is 18.1 Å².